The van der Waals surface area contributed by atoms with Crippen LogP contribution in [0.5, 0.6) is 0 Å². The molecule has 4 heteroatoms. The Kier molecular flexibility index (Phi) is 4.09. The van der Waals surface area contributed by atoms with Crippen molar-refractivity contribution in [2.45, 2.75) is 23.8 Å². The van der Waals surface area contributed by atoms with Gasteiger partial charge in [-0.1, -0.05) is 18.2 Å². The predicted molar refractivity (Wildman–Crippen MR) is 76.2 cm³/mol. The second-order valence-corrected chi connectivity index (χ2v) is 6.34. The van der Waals surface area contributed by atoms with Crippen LogP contribution in [0.2, 0.25) is 0 Å². The molecule has 0 unspecified atom stereocenters. The van der Waals surface area contributed by atoms with Gasteiger partial charge in [0.2, 0.25) is 0 Å². The molecular formula is C15H19NO2S. The summed E-state index contributed by atoms with van der Waals surface area (Å²) in [6.07, 6.45) is 2.07. The van der Waals surface area contributed by atoms with E-state index in [4.69, 9.17) is 4.74 Å². The maximum absolute atomic E-state index is 11.6. The molecule has 2 saturated heterocycles. The highest BCUT2D eigenvalue weighted by atomic mass is 32.2. The summed E-state index contributed by atoms with van der Waals surface area (Å²) in [6, 6.07) is 10.6. The van der Waals surface area contributed by atoms with E-state index >= 15 is 0 Å². The molecule has 0 saturated carbocycles. The van der Waals surface area contributed by atoms with Gasteiger partial charge < -0.3 is 4.74 Å². The van der Waals surface area contributed by atoms with Gasteiger partial charge in [0.05, 0.1) is 6.61 Å². The Balaban J connectivity index is 1.48. The first-order valence-electron chi connectivity index (χ1n) is 6.91. The van der Waals surface area contributed by atoms with Gasteiger partial charge in [-0.2, -0.15) is 0 Å². The van der Waals surface area contributed by atoms with Crippen molar-refractivity contribution < 1.29 is 9.53 Å². The lowest BCUT2D eigenvalue weighted by Crippen LogP contribution is -2.36. The van der Waals surface area contributed by atoms with Crippen LogP contribution < -0.4 is 0 Å². The van der Waals surface area contributed by atoms with E-state index in [0.29, 0.717) is 12.5 Å². The lowest BCUT2D eigenvalue weighted by atomic mass is 10.1. The smallest absolute Gasteiger partial charge is 0.323 e. The van der Waals surface area contributed by atoms with Gasteiger partial charge in [-0.25, -0.2) is 0 Å². The first-order chi connectivity index (χ1) is 9.33. The predicted octanol–water partition coefficient (Wildman–Crippen LogP) is 2.42. The average molecular weight is 277 g/mol. The second-order valence-electron chi connectivity index (χ2n) is 5.25. The van der Waals surface area contributed by atoms with Crippen molar-refractivity contribution in [3.05, 3.63) is 30.3 Å². The van der Waals surface area contributed by atoms with Crippen LogP contribution in [0.4, 0.5) is 0 Å². The summed E-state index contributed by atoms with van der Waals surface area (Å²) in [5, 5.41) is 0. The minimum absolute atomic E-state index is 0.0173. The number of hydrogen-bond acceptors (Lipinski definition) is 4. The topological polar surface area (TPSA) is 29.5 Å². The minimum atomic E-state index is -0.0173. The Morgan fingerprint density at radius 2 is 2.11 bits per heavy atom. The van der Waals surface area contributed by atoms with Gasteiger partial charge in [0.25, 0.3) is 0 Å². The quantitative estimate of drug-likeness (QED) is 0.624. The van der Waals surface area contributed by atoms with Crippen molar-refractivity contribution in [3.8, 4) is 0 Å². The van der Waals surface area contributed by atoms with Crippen LogP contribution in [0.15, 0.2) is 35.2 Å². The number of thioether (sulfide) groups is 1. The van der Waals surface area contributed by atoms with Crippen LogP contribution in [0.25, 0.3) is 0 Å². The average Bonchev–Trinajstić information content (AvgIpc) is 3.06. The number of likely N-dealkylation sites (tertiary alicyclic amines) is 1. The Morgan fingerprint density at radius 1 is 1.26 bits per heavy atom. The highest BCUT2D eigenvalue weighted by molar-refractivity contribution is 7.99. The van der Waals surface area contributed by atoms with Crippen LogP contribution in [-0.4, -0.2) is 42.4 Å². The number of carbonyl (C=O) groups is 1. The van der Waals surface area contributed by atoms with Crippen LogP contribution >= 0.6 is 11.8 Å². The molecule has 3 rings (SSSR count). The summed E-state index contributed by atoms with van der Waals surface area (Å²) in [5.41, 5.74) is 0. The molecule has 0 spiro atoms. The molecule has 2 fully saturated rings. The molecule has 2 atom stereocenters. The molecular weight excluding hydrogens is 258 g/mol. The molecule has 2 aliphatic rings. The Bertz CT molecular complexity index is 437. The maximum Gasteiger partial charge on any atom is 0.323 e. The third-order valence-corrected chi connectivity index (χ3v) is 5.14. The van der Waals surface area contributed by atoms with Gasteiger partial charge >= 0.3 is 5.97 Å². The van der Waals surface area contributed by atoms with Crippen LogP contribution in [0.1, 0.15) is 12.8 Å². The van der Waals surface area contributed by atoms with Crippen molar-refractivity contribution in [1.82, 2.24) is 4.90 Å². The molecule has 0 aliphatic carbocycles. The molecule has 2 aliphatic heterocycles. The molecule has 2 heterocycles. The molecule has 0 N–H and O–H groups in total. The summed E-state index contributed by atoms with van der Waals surface area (Å²) >= 11 is 1.92. The van der Waals surface area contributed by atoms with Gasteiger partial charge in [-0.05, 0) is 31.0 Å². The van der Waals surface area contributed by atoms with E-state index in [1.54, 1.807) is 0 Å². The lowest BCUT2D eigenvalue weighted by molar-refractivity contribution is -0.142. The van der Waals surface area contributed by atoms with Crippen molar-refractivity contribution in [1.29, 1.82) is 0 Å². The van der Waals surface area contributed by atoms with Gasteiger partial charge in [0.15, 0.2) is 0 Å². The Hall–Kier alpha value is -1.00. The van der Waals surface area contributed by atoms with E-state index in [2.05, 4.69) is 29.2 Å². The van der Waals surface area contributed by atoms with Crippen molar-refractivity contribution in [2.75, 3.05) is 25.4 Å². The normalized spacial score (nSPS) is 27.7. The van der Waals surface area contributed by atoms with Gasteiger partial charge in [-0.3, -0.25) is 9.69 Å². The SMILES string of the molecule is O=C1OCC[C@@H]1N1CC[C@@H](CSc2ccccc2)C1. The fourth-order valence-electron chi connectivity index (χ4n) is 2.83. The summed E-state index contributed by atoms with van der Waals surface area (Å²) < 4.78 is 5.06. The number of benzene rings is 1. The standard InChI is InChI=1S/C15H19NO2S/c17-15-14(7-9-18-15)16-8-6-12(10-16)11-19-13-4-2-1-3-5-13/h1-5,12,14H,6-11H2/t12-,14+/m1/s1. The zero-order valence-electron chi connectivity index (χ0n) is 11.0. The largest absolute Gasteiger partial charge is 0.464 e. The monoisotopic (exact) mass is 277 g/mol. The first kappa shape index (κ1) is 13.0. The number of ether oxygens (including phenoxy) is 1. The maximum atomic E-state index is 11.6. The molecule has 0 aromatic heterocycles. The van der Waals surface area contributed by atoms with Gasteiger partial charge in [-0.15, -0.1) is 11.8 Å². The number of hydrogen-bond donors (Lipinski definition) is 0. The van der Waals surface area contributed by atoms with Crippen LogP contribution in [0.3, 0.4) is 0 Å². The summed E-state index contributed by atoms with van der Waals surface area (Å²) in [4.78, 5) is 15.2. The highest BCUT2D eigenvalue weighted by Crippen LogP contribution is 2.28. The van der Waals surface area contributed by atoms with Crippen molar-refractivity contribution in [3.63, 3.8) is 0 Å². The number of esters is 1. The Morgan fingerprint density at radius 3 is 2.84 bits per heavy atom. The zero-order chi connectivity index (χ0) is 13.1. The van der Waals surface area contributed by atoms with E-state index in [-0.39, 0.29) is 12.0 Å². The molecule has 0 bridgehead atoms. The minimum Gasteiger partial charge on any atom is -0.464 e. The third-order valence-electron chi connectivity index (χ3n) is 3.89. The molecule has 1 aromatic rings. The van der Waals surface area contributed by atoms with E-state index < -0.39 is 0 Å². The fraction of sp³-hybridized carbons (Fsp3) is 0.533. The summed E-state index contributed by atoms with van der Waals surface area (Å²) in [6.45, 7) is 2.68. The number of cyclic esters (lactones) is 1. The number of carbonyl (C=O) groups excluding carboxylic acids is 1. The van der Waals surface area contributed by atoms with Crippen LogP contribution in [0, 0.1) is 5.92 Å². The van der Waals surface area contributed by atoms with Crippen molar-refractivity contribution in [2.24, 2.45) is 5.92 Å². The molecule has 3 nitrogen and oxygen atoms in total. The molecule has 102 valence electrons. The van der Waals surface area contributed by atoms with Gasteiger partial charge in [0, 0.05) is 23.6 Å². The highest BCUT2D eigenvalue weighted by Gasteiger charge is 2.36. The summed E-state index contributed by atoms with van der Waals surface area (Å²) in [5.74, 6) is 1.82. The Labute approximate surface area is 118 Å². The lowest BCUT2D eigenvalue weighted by Gasteiger charge is -2.20. The second kappa shape index (κ2) is 5.97. The summed E-state index contributed by atoms with van der Waals surface area (Å²) in [7, 11) is 0. The van der Waals surface area contributed by atoms with Gasteiger partial charge in [0.1, 0.15) is 6.04 Å². The third kappa shape index (κ3) is 3.12. The fourth-order valence-corrected chi connectivity index (χ4v) is 3.88. The van der Waals surface area contributed by atoms with E-state index in [1.165, 1.54) is 11.3 Å². The first-order valence-corrected chi connectivity index (χ1v) is 7.90. The van der Waals surface area contributed by atoms with E-state index in [0.717, 1.165) is 25.3 Å². The van der Waals surface area contributed by atoms with Crippen LogP contribution in [-0.2, 0) is 9.53 Å². The number of rotatable bonds is 4. The molecule has 19 heavy (non-hydrogen) atoms. The molecule has 1 aromatic carbocycles. The molecule has 0 radical (unpaired) electrons. The number of nitrogens with zero attached hydrogens (tertiary/aromatic N) is 1. The molecule has 0 amide bonds. The van der Waals surface area contributed by atoms with E-state index in [9.17, 15) is 4.79 Å². The zero-order valence-corrected chi connectivity index (χ0v) is 11.8. The van der Waals surface area contributed by atoms with Crippen molar-refractivity contribution >= 4 is 17.7 Å². The van der Waals surface area contributed by atoms with E-state index in [1.807, 2.05) is 17.8 Å².